The summed E-state index contributed by atoms with van der Waals surface area (Å²) < 4.78 is 39.4. The van der Waals surface area contributed by atoms with E-state index in [2.05, 4.69) is 4.83 Å². The summed E-state index contributed by atoms with van der Waals surface area (Å²) in [4.78, 5) is 16.9. The minimum atomic E-state index is -3.58. The highest BCUT2D eigenvalue weighted by Crippen LogP contribution is 2.37. The monoisotopic (exact) mass is 433 g/mol. The molecule has 30 heavy (non-hydrogen) atoms. The number of benzene rings is 2. The lowest BCUT2D eigenvalue weighted by molar-refractivity contribution is 0.173. The molecule has 0 radical (unpaired) electrons. The number of rotatable bonds is 7. The van der Waals surface area contributed by atoms with Gasteiger partial charge in [0.2, 0.25) is 16.8 Å². The lowest BCUT2D eigenvalue weighted by Crippen LogP contribution is -2.44. The summed E-state index contributed by atoms with van der Waals surface area (Å²) in [5, 5.41) is 1.14. The van der Waals surface area contributed by atoms with Crippen molar-refractivity contribution in [2.24, 2.45) is 0 Å². The summed E-state index contributed by atoms with van der Waals surface area (Å²) in [5.41, 5.74) is 1.89. The summed E-state index contributed by atoms with van der Waals surface area (Å²) in [6.45, 7) is 0.770. The van der Waals surface area contributed by atoms with Crippen LogP contribution in [0.1, 0.15) is 17.2 Å². The van der Waals surface area contributed by atoms with Gasteiger partial charge in [0.1, 0.15) is 5.75 Å². The molecule has 2 aromatic rings. The number of methoxy groups -OCH3 is 1. The number of fused-ring (bicyclic) bond motifs is 1. The van der Waals surface area contributed by atoms with Crippen molar-refractivity contribution in [3.05, 3.63) is 53.6 Å². The molecular formula is C20H23N3O6S. The fourth-order valence-corrected chi connectivity index (χ4v) is 4.17. The third-order valence-electron chi connectivity index (χ3n) is 5.07. The molecule has 9 nitrogen and oxygen atoms in total. The van der Waals surface area contributed by atoms with E-state index in [4.69, 9.17) is 14.2 Å². The smallest absolute Gasteiger partial charge is 0.335 e. The Bertz CT molecular complexity index is 1040. The molecule has 0 aromatic heterocycles. The van der Waals surface area contributed by atoms with Crippen LogP contribution in [0.2, 0.25) is 0 Å². The summed E-state index contributed by atoms with van der Waals surface area (Å²) in [5.74, 6) is 2.03. The second kappa shape index (κ2) is 8.04. The van der Waals surface area contributed by atoms with Gasteiger partial charge < -0.3 is 19.1 Å². The second-order valence-electron chi connectivity index (χ2n) is 7.18. The van der Waals surface area contributed by atoms with E-state index in [9.17, 15) is 13.2 Å². The molecule has 0 spiro atoms. The normalized spacial score (nSPS) is 18.2. The maximum absolute atomic E-state index is 13.0. The highest BCUT2D eigenvalue weighted by molar-refractivity contribution is 7.88. The number of nitrogens with zero attached hydrogens (tertiary/aromatic N) is 2. The van der Waals surface area contributed by atoms with Gasteiger partial charge in [-0.2, -0.15) is 0 Å². The number of sulfonamides is 1. The Hall–Kier alpha value is -2.98. The molecule has 2 heterocycles. The molecule has 1 atom stereocenters. The summed E-state index contributed by atoms with van der Waals surface area (Å²) in [7, 11) is -1.98. The zero-order valence-corrected chi connectivity index (χ0v) is 17.5. The van der Waals surface area contributed by atoms with E-state index in [1.54, 1.807) is 18.1 Å². The van der Waals surface area contributed by atoms with Crippen molar-refractivity contribution < 1.29 is 27.4 Å². The average molecular weight is 433 g/mol. The summed E-state index contributed by atoms with van der Waals surface area (Å²) >= 11 is 0. The zero-order valence-electron chi connectivity index (χ0n) is 16.7. The van der Waals surface area contributed by atoms with Crippen LogP contribution in [0.15, 0.2) is 42.5 Å². The number of hydrazine groups is 1. The van der Waals surface area contributed by atoms with Crippen LogP contribution in [0.5, 0.6) is 17.2 Å². The summed E-state index contributed by atoms with van der Waals surface area (Å²) in [6.07, 6.45) is 1.64. The van der Waals surface area contributed by atoms with Crippen molar-refractivity contribution in [2.45, 2.75) is 12.5 Å². The van der Waals surface area contributed by atoms with Crippen molar-refractivity contribution in [2.75, 3.05) is 33.2 Å². The molecule has 0 saturated carbocycles. The molecule has 1 N–H and O–H groups in total. The van der Waals surface area contributed by atoms with E-state index >= 15 is 0 Å². The van der Waals surface area contributed by atoms with Gasteiger partial charge in [-0.25, -0.2) is 18.2 Å². The highest BCUT2D eigenvalue weighted by Gasteiger charge is 2.39. The number of hydrogen-bond donors (Lipinski definition) is 1. The van der Waals surface area contributed by atoms with Crippen LogP contribution in [0.25, 0.3) is 0 Å². The van der Waals surface area contributed by atoms with Crippen LogP contribution in [-0.2, 0) is 16.4 Å². The first kappa shape index (κ1) is 20.3. The van der Waals surface area contributed by atoms with Gasteiger partial charge in [0.15, 0.2) is 11.5 Å². The number of ether oxygens (including phenoxy) is 3. The minimum Gasteiger partial charge on any atom is -0.497 e. The predicted molar refractivity (Wildman–Crippen MR) is 109 cm³/mol. The van der Waals surface area contributed by atoms with Gasteiger partial charge in [-0.3, -0.25) is 0 Å². The number of hydrogen-bond acceptors (Lipinski definition) is 6. The van der Waals surface area contributed by atoms with Gasteiger partial charge in [-0.05, 0) is 41.8 Å². The van der Waals surface area contributed by atoms with Gasteiger partial charge in [-0.15, -0.1) is 4.83 Å². The van der Waals surface area contributed by atoms with Crippen molar-refractivity contribution in [3.63, 3.8) is 0 Å². The van der Waals surface area contributed by atoms with Gasteiger partial charge in [0.25, 0.3) is 0 Å². The first-order valence-corrected chi connectivity index (χ1v) is 11.3. The molecule has 0 aliphatic carbocycles. The molecule has 1 unspecified atom stereocenters. The van der Waals surface area contributed by atoms with Crippen LogP contribution >= 0.6 is 0 Å². The average Bonchev–Trinajstić information content (AvgIpc) is 3.30. The van der Waals surface area contributed by atoms with E-state index in [-0.39, 0.29) is 19.4 Å². The molecule has 1 fully saturated rings. The molecule has 0 bridgehead atoms. The predicted octanol–water partition coefficient (Wildman–Crippen LogP) is 1.91. The Balaban J connectivity index is 1.57. The Kier molecular flexibility index (Phi) is 5.44. The Morgan fingerprint density at radius 3 is 2.57 bits per heavy atom. The fourth-order valence-electron chi connectivity index (χ4n) is 3.61. The van der Waals surface area contributed by atoms with E-state index in [0.717, 1.165) is 28.1 Å². The molecule has 2 amide bonds. The molecule has 2 aliphatic heterocycles. The Morgan fingerprint density at radius 1 is 1.13 bits per heavy atom. The Labute approximate surface area is 175 Å². The third kappa shape index (κ3) is 4.29. The van der Waals surface area contributed by atoms with Crippen molar-refractivity contribution in [3.8, 4) is 17.2 Å². The van der Waals surface area contributed by atoms with Gasteiger partial charge in [0, 0.05) is 6.54 Å². The van der Waals surface area contributed by atoms with Crippen LogP contribution in [0, 0.1) is 0 Å². The van der Waals surface area contributed by atoms with Crippen LogP contribution in [-0.4, -0.2) is 57.6 Å². The summed E-state index contributed by atoms with van der Waals surface area (Å²) in [6, 6.07) is 12.4. The fraction of sp³-hybridized carbons (Fsp3) is 0.350. The molecule has 1 saturated heterocycles. The third-order valence-corrected chi connectivity index (χ3v) is 5.62. The number of amides is 2. The van der Waals surface area contributed by atoms with Crippen LogP contribution < -0.4 is 19.0 Å². The quantitative estimate of drug-likeness (QED) is 0.717. The van der Waals surface area contributed by atoms with Crippen molar-refractivity contribution >= 4 is 16.1 Å². The SMILES string of the molecule is COc1ccc(CCN2C(=O)N(NS(C)(=O)=O)CC2c2ccc3c(c2)OCO3)cc1. The largest absolute Gasteiger partial charge is 0.497 e. The van der Waals surface area contributed by atoms with Crippen LogP contribution in [0.4, 0.5) is 4.79 Å². The molecule has 2 aliphatic rings. The molecule has 160 valence electrons. The molecular weight excluding hydrogens is 410 g/mol. The number of carbonyl (C=O) groups is 1. The molecule has 10 heteroatoms. The van der Waals surface area contributed by atoms with E-state index < -0.39 is 16.1 Å². The highest BCUT2D eigenvalue weighted by atomic mass is 32.2. The van der Waals surface area contributed by atoms with Gasteiger partial charge in [-0.1, -0.05) is 18.2 Å². The van der Waals surface area contributed by atoms with Crippen molar-refractivity contribution in [1.82, 2.24) is 14.7 Å². The maximum Gasteiger partial charge on any atom is 0.335 e. The van der Waals surface area contributed by atoms with Gasteiger partial charge >= 0.3 is 6.03 Å². The standard InChI is InChI=1S/C20H23N3O6S/c1-27-16-6-3-14(4-7-16)9-10-22-17(12-23(20(22)24)21-30(2,25)26)15-5-8-18-19(11-15)29-13-28-18/h3-8,11,17,21H,9-10,12-13H2,1-2H3. The zero-order chi connectivity index (χ0) is 21.3. The van der Waals surface area contributed by atoms with E-state index in [1.165, 1.54) is 0 Å². The van der Waals surface area contributed by atoms with Crippen LogP contribution in [0.3, 0.4) is 0 Å². The minimum absolute atomic E-state index is 0.158. The number of urea groups is 1. The first-order chi connectivity index (χ1) is 14.3. The molecule has 2 aromatic carbocycles. The van der Waals surface area contributed by atoms with Crippen molar-refractivity contribution in [1.29, 1.82) is 0 Å². The lowest BCUT2D eigenvalue weighted by atomic mass is 10.0. The number of carbonyl (C=O) groups excluding carboxylic acids is 1. The Morgan fingerprint density at radius 2 is 1.87 bits per heavy atom. The molecule has 4 rings (SSSR count). The first-order valence-electron chi connectivity index (χ1n) is 9.42. The van der Waals surface area contributed by atoms with E-state index in [1.807, 2.05) is 36.4 Å². The maximum atomic E-state index is 13.0. The topological polar surface area (TPSA) is 97.4 Å². The number of nitrogens with one attached hydrogen (secondary N) is 1. The van der Waals surface area contributed by atoms with Gasteiger partial charge in [0.05, 0.1) is 26.0 Å². The second-order valence-corrected chi connectivity index (χ2v) is 8.90. The van der Waals surface area contributed by atoms with E-state index in [0.29, 0.717) is 24.5 Å². The lowest BCUT2D eigenvalue weighted by Gasteiger charge is -2.23.